The van der Waals surface area contributed by atoms with Gasteiger partial charge in [-0.3, -0.25) is 4.98 Å². The van der Waals surface area contributed by atoms with Crippen molar-refractivity contribution in [3.63, 3.8) is 0 Å². The molecule has 0 radical (unpaired) electrons. The average molecular weight is 497 g/mol. The third-order valence-electron chi connectivity index (χ3n) is 7.47. The smallest absolute Gasteiger partial charge is 0.449 e. The molecule has 2 aromatic carbocycles. The molecule has 190 valence electrons. The van der Waals surface area contributed by atoms with Crippen LogP contribution in [-0.2, 0) is 14.0 Å². The van der Waals surface area contributed by atoms with Gasteiger partial charge >= 0.3 is 13.2 Å². The van der Waals surface area contributed by atoms with Crippen molar-refractivity contribution >= 4 is 25.0 Å². The van der Waals surface area contributed by atoms with Gasteiger partial charge in [0.15, 0.2) is 0 Å². The summed E-state index contributed by atoms with van der Waals surface area (Å²) in [5.41, 5.74) is 11.7. The first-order valence-electron chi connectivity index (χ1n) is 12.5. The van der Waals surface area contributed by atoms with E-state index >= 15 is 0 Å². The summed E-state index contributed by atoms with van der Waals surface area (Å²) in [6.07, 6.45) is 4.67. The first-order valence-corrected chi connectivity index (χ1v) is 12.5. The number of hydrogen-bond acceptors (Lipinski definition) is 6. The minimum atomic E-state index is -0.639. The van der Waals surface area contributed by atoms with Crippen LogP contribution in [0, 0.1) is 0 Å². The highest BCUT2D eigenvalue weighted by Gasteiger charge is 2.52. The van der Waals surface area contributed by atoms with Crippen molar-refractivity contribution in [2.45, 2.75) is 44.8 Å². The Morgan fingerprint density at radius 3 is 2.22 bits per heavy atom. The summed E-state index contributed by atoms with van der Waals surface area (Å²) in [6, 6.07) is 18.3. The monoisotopic (exact) mass is 497 g/mol. The molecule has 0 unspecified atom stereocenters. The number of carbonyl (C=O) groups excluding carboxylic acids is 1. The summed E-state index contributed by atoms with van der Waals surface area (Å²) in [6.45, 7) is 8.39. The zero-order chi connectivity index (χ0) is 26.2. The van der Waals surface area contributed by atoms with Gasteiger partial charge in [0.05, 0.1) is 16.9 Å². The maximum atomic E-state index is 12.8. The lowest BCUT2D eigenvalue weighted by atomic mass is 9.77. The molecule has 2 heterocycles. The number of nitrogens with one attached hydrogen (secondary N) is 1. The number of amides is 1. The second-order valence-corrected chi connectivity index (χ2v) is 10.5. The first kappa shape index (κ1) is 25.1. The van der Waals surface area contributed by atoms with Crippen LogP contribution in [0.25, 0.3) is 17.2 Å². The average Bonchev–Trinajstić information content (AvgIpc) is 3.29. The summed E-state index contributed by atoms with van der Waals surface area (Å²) >= 11 is 0. The number of nitrogens with zero attached hydrogens (tertiary/aromatic N) is 1. The summed E-state index contributed by atoms with van der Waals surface area (Å²) < 4.78 is 18.2. The first-order chi connectivity index (χ1) is 17.6. The van der Waals surface area contributed by atoms with Crippen LogP contribution in [-0.4, -0.2) is 42.5 Å². The number of ether oxygens (including phenoxy) is 1. The van der Waals surface area contributed by atoms with E-state index in [4.69, 9.17) is 19.8 Å². The topological polar surface area (TPSA) is 95.7 Å². The summed E-state index contributed by atoms with van der Waals surface area (Å²) in [5, 5.41) is 2.88. The second-order valence-electron chi connectivity index (χ2n) is 10.5. The Kier molecular flexibility index (Phi) is 6.56. The van der Waals surface area contributed by atoms with Gasteiger partial charge in [0.2, 0.25) is 0 Å². The number of pyridine rings is 1. The number of nitrogens with two attached hydrogens (primary N) is 1. The van der Waals surface area contributed by atoms with Gasteiger partial charge in [-0.25, -0.2) is 4.79 Å². The maximum absolute atomic E-state index is 12.8. The Morgan fingerprint density at radius 1 is 1.03 bits per heavy atom. The predicted octanol–water partition coefficient (Wildman–Crippen LogP) is 5.22. The molecule has 0 saturated carbocycles. The van der Waals surface area contributed by atoms with Gasteiger partial charge in [-0.1, -0.05) is 54.6 Å². The van der Waals surface area contributed by atoms with Gasteiger partial charge in [0, 0.05) is 24.9 Å². The number of benzene rings is 2. The molecule has 5 rings (SSSR count). The molecular weight excluding hydrogens is 465 g/mol. The van der Waals surface area contributed by atoms with Gasteiger partial charge < -0.3 is 25.1 Å². The number of anilines is 1. The lowest BCUT2D eigenvalue weighted by Crippen LogP contribution is -2.41. The van der Waals surface area contributed by atoms with Crippen molar-refractivity contribution in [2.75, 3.05) is 18.9 Å². The second kappa shape index (κ2) is 9.69. The van der Waals surface area contributed by atoms with E-state index in [1.54, 1.807) is 12.4 Å². The lowest BCUT2D eigenvalue weighted by Gasteiger charge is -2.32. The number of fused-ring (bicyclic) bond motifs is 3. The highest BCUT2D eigenvalue weighted by Crippen LogP contribution is 2.44. The number of alkyl carbamates (subject to hydrolysis) is 1. The minimum absolute atomic E-state index is 0.00497. The van der Waals surface area contributed by atoms with Crippen LogP contribution in [0.2, 0.25) is 0 Å². The minimum Gasteiger partial charge on any atom is -0.449 e. The van der Waals surface area contributed by atoms with E-state index in [0.717, 1.165) is 11.0 Å². The molecule has 1 aromatic heterocycles. The van der Waals surface area contributed by atoms with Crippen molar-refractivity contribution in [3.8, 4) is 11.1 Å². The highest BCUT2D eigenvalue weighted by atomic mass is 16.7. The number of rotatable bonds is 6. The van der Waals surface area contributed by atoms with E-state index in [-0.39, 0.29) is 19.1 Å². The molecule has 7 nitrogen and oxygen atoms in total. The molecule has 2 aliphatic rings. The Balaban J connectivity index is 1.29. The Bertz CT molecular complexity index is 1290. The van der Waals surface area contributed by atoms with E-state index in [1.165, 1.54) is 22.3 Å². The molecule has 1 aliphatic heterocycles. The number of hydrogen-bond donors (Lipinski definition) is 2. The molecule has 0 spiro atoms. The van der Waals surface area contributed by atoms with Crippen LogP contribution in [0.5, 0.6) is 0 Å². The van der Waals surface area contributed by atoms with Gasteiger partial charge in [-0.05, 0) is 67.1 Å². The van der Waals surface area contributed by atoms with Crippen molar-refractivity contribution in [3.05, 3.63) is 89.2 Å². The molecule has 1 saturated heterocycles. The zero-order valence-corrected chi connectivity index (χ0v) is 21.7. The van der Waals surface area contributed by atoms with Gasteiger partial charge in [-0.15, -0.1) is 0 Å². The number of nitrogen functional groups attached to an aromatic ring is 1. The predicted molar refractivity (Wildman–Crippen MR) is 146 cm³/mol. The molecular formula is C29H32BN3O4. The summed E-state index contributed by atoms with van der Waals surface area (Å²) in [5.74, 6) is -0.00497. The van der Waals surface area contributed by atoms with Crippen LogP contribution in [0.15, 0.2) is 72.5 Å². The number of aromatic nitrogens is 1. The molecule has 1 amide bonds. The highest BCUT2D eigenvalue weighted by molar-refractivity contribution is 6.56. The van der Waals surface area contributed by atoms with E-state index in [0.29, 0.717) is 5.69 Å². The van der Waals surface area contributed by atoms with Crippen molar-refractivity contribution in [2.24, 2.45) is 0 Å². The number of carbonyl (C=O) groups is 1. The SMILES string of the molecule is CC1(C)OB(C(=Cc2cncc(N)c2)CNC(=O)OCC2c3ccccc3-c3ccccc32)OC1(C)C. The summed E-state index contributed by atoms with van der Waals surface area (Å²) in [7, 11) is -0.639. The molecule has 0 atom stereocenters. The summed E-state index contributed by atoms with van der Waals surface area (Å²) in [4.78, 5) is 17.0. The van der Waals surface area contributed by atoms with Crippen LogP contribution in [0.3, 0.4) is 0 Å². The Hall–Kier alpha value is -3.62. The Morgan fingerprint density at radius 2 is 1.62 bits per heavy atom. The molecule has 1 aliphatic carbocycles. The van der Waals surface area contributed by atoms with Gasteiger partial charge in [0.1, 0.15) is 6.61 Å². The molecule has 0 bridgehead atoms. The van der Waals surface area contributed by atoms with Gasteiger partial charge in [0.25, 0.3) is 0 Å². The fourth-order valence-electron chi connectivity index (χ4n) is 4.79. The fourth-order valence-corrected chi connectivity index (χ4v) is 4.79. The van der Waals surface area contributed by atoms with Crippen LogP contribution in [0.1, 0.15) is 50.3 Å². The van der Waals surface area contributed by atoms with Gasteiger partial charge in [-0.2, -0.15) is 0 Å². The van der Waals surface area contributed by atoms with Crippen LogP contribution >= 0.6 is 0 Å². The third kappa shape index (κ3) is 4.99. The molecule has 37 heavy (non-hydrogen) atoms. The van der Waals surface area contributed by atoms with Crippen molar-refractivity contribution in [1.82, 2.24) is 10.3 Å². The van der Waals surface area contributed by atoms with E-state index in [1.807, 2.05) is 64.1 Å². The van der Waals surface area contributed by atoms with Crippen LogP contribution < -0.4 is 11.1 Å². The zero-order valence-electron chi connectivity index (χ0n) is 21.7. The molecule has 3 N–H and O–H groups in total. The molecule has 8 heteroatoms. The standard InChI is InChI=1S/C29H32BN3O4/c1-28(2)29(3,4)37-30(36-28)20(13-19-14-21(31)17-32-15-19)16-33-27(34)35-18-26-24-11-7-5-9-22(24)23-10-6-8-12-25(23)26/h5-15,17,26H,16,18,31H2,1-4H3,(H,33,34). The molecule has 1 fully saturated rings. The largest absolute Gasteiger partial charge is 0.492 e. The van der Waals surface area contributed by atoms with E-state index < -0.39 is 24.4 Å². The van der Waals surface area contributed by atoms with Crippen molar-refractivity contribution in [1.29, 1.82) is 0 Å². The lowest BCUT2D eigenvalue weighted by molar-refractivity contribution is 0.00578. The Labute approximate surface area is 218 Å². The van der Waals surface area contributed by atoms with Crippen LogP contribution in [0.4, 0.5) is 10.5 Å². The quantitative estimate of drug-likeness (QED) is 0.454. The van der Waals surface area contributed by atoms with E-state index in [9.17, 15) is 4.79 Å². The normalized spacial score (nSPS) is 17.8. The van der Waals surface area contributed by atoms with E-state index in [2.05, 4.69) is 34.6 Å². The van der Waals surface area contributed by atoms with Crippen molar-refractivity contribution < 1.29 is 18.8 Å². The third-order valence-corrected chi connectivity index (χ3v) is 7.47. The molecule has 3 aromatic rings. The maximum Gasteiger partial charge on any atom is 0.492 e. The fraction of sp³-hybridized carbons (Fsp3) is 0.310.